The Morgan fingerprint density at radius 1 is 0.931 bits per heavy atom. The van der Waals surface area contributed by atoms with E-state index in [4.69, 9.17) is 4.74 Å². The van der Waals surface area contributed by atoms with Gasteiger partial charge in [0.2, 0.25) is 5.91 Å². The summed E-state index contributed by atoms with van der Waals surface area (Å²) < 4.78 is 5.29. The topological polar surface area (TPSA) is 36.0 Å². The van der Waals surface area contributed by atoms with Gasteiger partial charge in [-0.25, -0.2) is 0 Å². The zero-order valence-electron chi connectivity index (χ0n) is 17.3. The van der Waals surface area contributed by atoms with Crippen LogP contribution in [-0.2, 0) is 11.2 Å². The number of anilines is 2. The van der Waals surface area contributed by atoms with E-state index in [1.807, 2.05) is 29.2 Å². The first-order chi connectivity index (χ1) is 14.2. The van der Waals surface area contributed by atoms with Gasteiger partial charge in [0.1, 0.15) is 5.75 Å². The number of benzene rings is 2. The molecule has 0 atom stereocenters. The molecule has 1 saturated heterocycles. The van der Waals surface area contributed by atoms with Crippen molar-refractivity contribution < 1.29 is 9.53 Å². The van der Waals surface area contributed by atoms with Crippen molar-refractivity contribution in [3.8, 4) is 5.75 Å². The number of likely N-dealkylation sites (tertiary alicyclic amines) is 1. The van der Waals surface area contributed by atoms with E-state index in [2.05, 4.69) is 34.1 Å². The van der Waals surface area contributed by atoms with Crippen molar-refractivity contribution >= 4 is 17.3 Å². The zero-order valence-corrected chi connectivity index (χ0v) is 17.3. The number of hydrogen-bond acceptors (Lipinski definition) is 4. The van der Waals surface area contributed by atoms with Gasteiger partial charge in [0.15, 0.2) is 0 Å². The molecule has 0 N–H and O–H groups in total. The summed E-state index contributed by atoms with van der Waals surface area (Å²) in [5.74, 6) is 1.03. The minimum Gasteiger partial charge on any atom is -0.497 e. The van der Waals surface area contributed by atoms with Gasteiger partial charge in [-0.3, -0.25) is 4.79 Å². The van der Waals surface area contributed by atoms with Crippen LogP contribution in [0.3, 0.4) is 0 Å². The first-order valence-electron chi connectivity index (χ1n) is 10.7. The third kappa shape index (κ3) is 4.73. The molecule has 2 aliphatic rings. The third-order valence-electron chi connectivity index (χ3n) is 6.05. The van der Waals surface area contributed by atoms with Crippen LogP contribution in [0.25, 0.3) is 0 Å². The number of methoxy groups -OCH3 is 1. The van der Waals surface area contributed by atoms with E-state index in [-0.39, 0.29) is 5.91 Å². The number of aryl methyl sites for hydroxylation is 1. The fourth-order valence-electron chi connectivity index (χ4n) is 4.40. The Hall–Kier alpha value is -2.53. The smallest absolute Gasteiger partial charge is 0.227 e. The Kier molecular flexibility index (Phi) is 6.35. The molecule has 2 aliphatic heterocycles. The highest BCUT2D eigenvalue weighted by atomic mass is 16.5. The van der Waals surface area contributed by atoms with Crippen LogP contribution >= 0.6 is 0 Å². The summed E-state index contributed by atoms with van der Waals surface area (Å²) in [7, 11) is 1.67. The van der Waals surface area contributed by atoms with E-state index in [9.17, 15) is 4.79 Å². The van der Waals surface area contributed by atoms with Crippen molar-refractivity contribution in [3.05, 3.63) is 54.1 Å². The molecule has 0 aromatic heterocycles. The molecule has 4 rings (SSSR count). The monoisotopic (exact) mass is 393 g/mol. The molecule has 1 fully saturated rings. The average Bonchev–Trinajstić information content (AvgIpc) is 3.29. The van der Waals surface area contributed by atoms with Crippen LogP contribution < -0.4 is 14.5 Å². The second-order valence-electron chi connectivity index (χ2n) is 7.92. The minimum atomic E-state index is 0.194. The van der Waals surface area contributed by atoms with Gasteiger partial charge in [0.25, 0.3) is 0 Å². The Labute approximate surface area is 173 Å². The van der Waals surface area contributed by atoms with Crippen LogP contribution in [0.15, 0.2) is 48.5 Å². The summed E-state index contributed by atoms with van der Waals surface area (Å²) in [4.78, 5) is 20.0. The number of fused-ring (bicyclic) bond motifs is 1. The van der Waals surface area contributed by atoms with Crippen molar-refractivity contribution in [1.29, 1.82) is 0 Å². The van der Waals surface area contributed by atoms with E-state index < -0.39 is 0 Å². The lowest BCUT2D eigenvalue weighted by Gasteiger charge is -2.38. The molecule has 5 nitrogen and oxygen atoms in total. The summed E-state index contributed by atoms with van der Waals surface area (Å²) in [5.41, 5.74) is 3.37. The zero-order chi connectivity index (χ0) is 20.1. The second-order valence-corrected chi connectivity index (χ2v) is 7.92. The molecule has 5 heteroatoms. The highest BCUT2D eigenvalue weighted by Crippen LogP contribution is 2.33. The van der Waals surface area contributed by atoms with Gasteiger partial charge in [-0.05, 0) is 62.2 Å². The van der Waals surface area contributed by atoms with Gasteiger partial charge < -0.3 is 19.4 Å². The van der Waals surface area contributed by atoms with E-state index in [1.165, 1.54) is 31.6 Å². The van der Waals surface area contributed by atoms with Crippen LogP contribution in [0.2, 0.25) is 0 Å². The normalized spacial score (nSPS) is 16.7. The Bertz CT molecular complexity index is 832. The number of rotatable bonds is 7. The maximum atomic E-state index is 13.0. The molecule has 2 heterocycles. The fourth-order valence-corrected chi connectivity index (χ4v) is 4.40. The molecule has 2 aromatic carbocycles. The van der Waals surface area contributed by atoms with Gasteiger partial charge in [-0.1, -0.05) is 24.3 Å². The maximum Gasteiger partial charge on any atom is 0.227 e. The third-order valence-corrected chi connectivity index (χ3v) is 6.05. The Morgan fingerprint density at radius 2 is 1.72 bits per heavy atom. The highest BCUT2D eigenvalue weighted by Gasteiger charge is 2.26. The van der Waals surface area contributed by atoms with Crippen LogP contribution in [0, 0.1) is 0 Å². The lowest BCUT2D eigenvalue weighted by atomic mass is 10.1. The predicted molar refractivity (Wildman–Crippen MR) is 118 cm³/mol. The lowest BCUT2D eigenvalue weighted by molar-refractivity contribution is -0.118. The molecule has 29 heavy (non-hydrogen) atoms. The first-order valence-corrected chi connectivity index (χ1v) is 10.7. The number of para-hydroxylation sites is 2. The largest absolute Gasteiger partial charge is 0.497 e. The van der Waals surface area contributed by atoms with E-state index in [0.717, 1.165) is 49.6 Å². The molecule has 0 spiro atoms. The van der Waals surface area contributed by atoms with Crippen molar-refractivity contribution in [1.82, 2.24) is 4.90 Å². The fraction of sp³-hybridized carbons (Fsp3) is 0.458. The van der Waals surface area contributed by atoms with Crippen LogP contribution in [0.1, 0.15) is 24.8 Å². The molecular formula is C24H31N3O2. The summed E-state index contributed by atoms with van der Waals surface area (Å²) in [6.07, 6.45) is 3.89. The van der Waals surface area contributed by atoms with Crippen molar-refractivity contribution in [3.63, 3.8) is 0 Å². The summed E-state index contributed by atoms with van der Waals surface area (Å²) in [6.45, 7) is 6.25. The number of carbonyl (C=O) groups is 1. The highest BCUT2D eigenvalue weighted by molar-refractivity contribution is 5.98. The number of nitrogens with zero attached hydrogens (tertiary/aromatic N) is 3. The summed E-state index contributed by atoms with van der Waals surface area (Å²) >= 11 is 0. The van der Waals surface area contributed by atoms with Crippen molar-refractivity contribution in [2.45, 2.75) is 25.7 Å². The van der Waals surface area contributed by atoms with Gasteiger partial charge >= 0.3 is 0 Å². The van der Waals surface area contributed by atoms with Gasteiger partial charge in [-0.15, -0.1) is 0 Å². The maximum absolute atomic E-state index is 13.0. The van der Waals surface area contributed by atoms with Crippen LogP contribution in [-0.4, -0.2) is 57.2 Å². The molecule has 154 valence electrons. The molecule has 0 aliphatic carbocycles. The van der Waals surface area contributed by atoms with Crippen LogP contribution in [0.5, 0.6) is 5.75 Å². The number of amides is 1. The Morgan fingerprint density at radius 3 is 2.52 bits per heavy atom. The molecule has 0 bridgehead atoms. The SMILES string of the molecule is COc1cccc(CCC(=O)N2CCN(CCN3CCCC3)c3ccccc32)c1. The van der Waals surface area contributed by atoms with E-state index >= 15 is 0 Å². The van der Waals surface area contributed by atoms with E-state index in [0.29, 0.717) is 6.42 Å². The molecule has 0 unspecified atom stereocenters. The second kappa shape index (κ2) is 9.31. The molecule has 0 saturated carbocycles. The lowest BCUT2D eigenvalue weighted by Crippen LogP contribution is -2.46. The molecule has 0 radical (unpaired) electrons. The molecule has 1 amide bonds. The average molecular weight is 394 g/mol. The molecular weight excluding hydrogens is 362 g/mol. The quantitative estimate of drug-likeness (QED) is 0.720. The number of carbonyl (C=O) groups excluding carboxylic acids is 1. The number of ether oxygens (including phenoxy) is 1. The van der Waals surface area contributed by atoms with Gasteiger partial charge in [-0.2, -0.15) is 0 Å². The van der Waals surface area contributed by atoms with Crippen molar-refractivity contribution in [2.75, 3.05) is 56.2 Å². The van der Waals surface area contributed by atoms with Gasteiger partial charge in [0, 0.05) is 32.6 Å². The van der Waals surface area contributed by atoms with Crippen LogP contribution in [0.4, 0.5) is 11.4 Å². The standard InChI is InChI=1S/C24H31N3O2/c1-29-21-8-6-7-20(19-21)11-12-24(28)27-18-17-26(16-15-25-13-4-5-14-25)22-9-2-3-10-23(22)27/h2-3,6-10,19H,4-5,11-18H2,1H3. The molecule has 2 aromatic rings. The summed E-state index contributed by atoms with van der Waals surface area (Å²) in [5, 5.41) is 0. The Balaban J connectivity index is 1.40. The minimum absolute atomic E-state index is 0.194. The van der Waals surface area contributed by atoms with E-state index in [1.54, 1.807) is 7.11 Å². The van der Waals surface area contributed by atoms with Gasteiger partial charge in [0.05, 0.1) is 18.5 Å². The first kappa shape index (κ1) is 19.8. The predicted octanol–water partition coefficient (Wildman–Crippen LogP) is 3.58. The summed E-state index contributed by atoms with van der Waals surface area (Å²) in [6, 6.07) is 16.3. The number of hydrogen-bond donors (Lipinski definition) is 0. The van der Waals surface area contributed by atoms with Crippen molar-refractivity contribution in [2.24, 2.45) is 0 Å².